The van der Waals surface area contributed by atoms with Crippen LogP contribution in [-0.2, 0) is 13.6 Å². The first-order valence-corrected chi connectivity index (χ1v) is 4.83. The summed E-state index contributed by atoms with van der Waals surface area (Å²) in [7, 11) is 1.78. The quantitative estimate of drug-likeness (QED) is 0.497. The molecule has 0 saturated heterocycles. The van der Waals surface area contributed by atoms with Crippen LogP contribution in [0.2, 0.25) is 0 Å². The average Bonchev–Trinajstić information content (AvgIpc) is 2.16. The number of hydrogen-bond donors (Lipinski definition) is 0. The van der Waals surface area contributed by atoms with Crippen molar-refractivity contribution in [2.24, 2.45) is 0 Å². The number of nitrogens with zero attached hydrogens (tertiary/aromatic N) is 1. The van der Waals surface area contributed by atoms with Gasteiger partial charge in [-0.2, -0.15) is 5.26 Å². The summed E-state index contributed by atoms with van der Waals surface area (Å²) in [6, 6.07) is 1.95. The minimum Gasteiger partial charge on any atom is -0.316 e. The second-order valence-corrected chi connectivity index (χ2v) is 2.77. The summed E-state index contributed by atoms with van der Waals surface area (Å²) in [5.41, 5.74) is 0. The summed E-state index contributed by atoms with van der Waals surface area (Å²) in [4.78, 5) is 0. The summed E-state index contributed by atoms with van der Waals surface area (Å²) < 4.78 is 14.5. The molecule has 72 valence electrons. The molecule has 0 heterocycles. The largest absolute Gasteiger partial charge is 0.332 e. The van der Waals surface area contributed by atoms with E-state index in [4.69, 9.17) is 18.8 Å². The molecule has 0 amide bonds. The zero-order valence-electron chi connectivity index (χ0n) is 8.03. The molecule has 0 saturated carbocycles. The van der Waals surface area contributed by atoms with Crippen molar-refractivity contribution < 1.29 is 13.6 Å². The van der Waals surface area contributed by atoms with Crippen LogP contribution in [0.3, 0.4) is 0 Å². The fourth-order valence-electron chi connectivity index (χ4n) is 0.346. The van der Waals surface area contributed by atoms with E-state index in [1.54, 1.807) is 0 Å². The highest BCUT2D eigenvalue weighted by atomic mass is 31.2. The smallest absolute Gasteiger partial charge is 0.316 e. The molecule has 0 bridgehead atoms. The van der Waals surface area contributed by atoms with Gasteiger partial charge < -0.3 is 13.6 Å². The van der Waals surface area contributed by atoms with E-state index in [9.17, 15) is 0 Å². The predicted octanol–water partition coefficient (Wildman–Crippen LogP) is 2.46. The van der Waals surface area contributed by atoms with Crippen LogP contribution in [0.5, 0.6) is 0 Å². The van der Waals surface area contributed by atoms with E-state index in [0.29, 0.717) is 13.0 Å². The van der Waals surface area contributed by atoms with Crippen molar-refractivity contribution in [1.29, 1.82) is 5.26 Å². The molecule has 5 heteroatoms. The van der Waals surface area contributed by atoms with Crippen molar-refractivity contribution in [2.45, 2.75) is 20.3 Å². The molecular weight excluding hydrogens is 177 g/mol. The lowest BCUT2D eigenvalue weighted by Gasteiger charge is -2.09. The van der Waals surface area contributed by atoms with E-state index in [-0.39, 0.29) is 0 Å². The molecule has 0 aliphatic carbocycles. The Morgan fingerprint density at radius 1 is 1.25 bits per heavy atom. The molecule has 0 aliphatic rings. The normalized spacial score (nSPS) is 8.67. The van der Waals surface area contributed by atoms with Crippen LogP contribution < -0.4 is 0 Å². The zero-order valence-corrected chi connectivity index (χ0v) is 8.93. The number of nitriles is 1. The Morgan fingerprint density at radius 3 is 2.08 bits per heavy atom. The highest BCUT2D eigenvalue weighted by Gasteiger charge is 2.05. The fourth-order valence-corrected chi connectivity index (χ4v) is 0.946. The van der Waals surface area contributed by atoms with Crippen LogP contribution in [0.15, 0.2) is 0 Å². The Bertz CT molecular complexity index is 112. The van der Waals surface area contributed by atoms with E-state index >= 15 is 0 Å². The first kappa shape index (κ1) is 14.3. The molecule has 0 atom stereocenters. The van der Waals surface area contributed by atoms with E-state index in [2.05, 4.69) is 0 Å². The van der Waals surface area contributed by atoms with Gasteiger partial charge in [0.2, 0.25) is 0 Å². The molecular formula is C7H16NO3P. The maximum absolute atomic E-state index is 8.12. The summed E-state index contributed by atoms with van der Waals surface area (Å²) in [5.74, 6) is 0. The maximum atomic E-state index is 8.12. The first-order valence-electron chi connectivity index (χ1n) is 3.73. The summed E-state index contributed by atoms with van der Waals surface area (Å²) in [5, 5.41) is 8.12. The molecule has 0 aliphatic heterocycles. The lowest BCUT2D eigenvalue weighted by atomic mass is 10.5. The predicted molar refractivity (Wildman–Crippen MR) is 48.5 cm³/mol. The Morgan fingerprint density at radius 2 is 1.75 bits per heavy atom. The molecule has 0 unspecified atom stereocenters. The molecule has 0 N–H and O–H groups in total. The lowest BCUT2D eigenvalue weighted by molar-refractivity contribution is 0.209. The van der Waals surface area contributed by atoms with Gasteiger partial charge in [0.15, 0.2) is 0 Å². The Hall–Kier alpha value is -0.200. The molecule has 0 spiro atoms. The van der Waals surface area contributed by atoms with Gasteiger partial charge in [-0.15, -0.1) is 0 Å². The van der Waals surface area contributed by atoms with Gasteiger partial charge >= 0.3 is 8.60 Å². The Kier molecular flexibility index (Phi) is 16.0. The fraction of sp³-hybridized carbons (Fsp3) is 0.857. The van der Waals surface area contributed by atoms with Gasteiger partial charge in [0, 0.05) is 14.2 Å². The highest BCUT2D eigenvalue weighted by Crippen LogP contribution is 2.36. The third kappa shape index (κ3) is 9.80. The van der Waals surface area contributed by atoms with Crippen LogP contribution in [0, 0.1) is 11.3 Å². The van der Waals surface area contributed by atoms with Gasteiger partial charge in [-0.05, 0) is 0 Å². The Balaban J connectivity index is 0. The van der Waals surface area contributed by atoms with Crippen molar-refractivity contribution in [1.82, 2.24) is 0 Å². The van der Waals surface area contributed by atoms with Gasteiger partial charge in [0.1, 0.15) is 0 Å². The number of hydrogen-bond acceptors (Lipinski definition) is 4. The van der Waals surface area contributed by atoms with Crippen LogP contribution in [-0.4, -0.2) is 20.8 Å². The van der Waals surface area contributed by atoms with E-state index < -0.39 is 8.60 Å². The second kappa shape index (κ2) is 13.4. The van der Waals surface area contributed by atoms with Crippen LogP contribution in [0.4, 0.5) is 0 Å². The third-order valence-electron chi connectivity index (χ3n) is 0.709. The molecule has 0 aromatic rings. The molecule has 0 radical (unpaired) electrons. The Labute approximate surface area is 75.4 Å². The minimum absolute atomic E-state index is 0.365. The van der Waals surface area contributed by atoms with Crippen LogP contribution in [0.1, 0.15) is 20.3 Å². The minimum atomic E-state index is -1.22. The molecule has 0 fully saturated rings. The van der Waals surface area contributed by atoms with E-state index in [0.717, 1.165) is 0 Å². The van der Waals surface area contributed by atoms with Gasteiger partial charge in [0.05, 0.1) is 19.1 Å². The first-order chi connectivity index (χ1) is 5.85. The average molecular weight is 193 g/mol. The lowest BCUT2D eigenvalue weighted by Crippen LogP contribution is -1.90. The van der Waals surface area contributed by atoms with Gasteiger partial charge in [-0.1, -0.05) is 13.8 Å². The molecule has 4 nitrogen and oxygen atoms in total. The molecule has 0 rings (SSSR count). The number of rotatable bonds is 5. The topological polar surface area (TPSA) is 51.5 Å². The summed E-state index contributed by atoms with van der Waals surface area (Å²) >= 11 is 0. The van der Waals surface area contributed by atoms with Gasteiger partial charge in [-0.25, -0.2) is 0 Å². The van der Waals surface area contributed by atoms with Gasteiger partial charge in [-0.3, -0.25) is 0 Å². The monoisotopic (exact) mass is 193 g/mol. The van der Waals surface area contributed by atoms with Gasteiger partial charge in [0.25, 0.3) is 0 Å². The van der Waals surface area contributed by atoms with Crippen molar-refractivity contribution >= 4 is 8.60 Å². The van der Waals surface area contributed by atoms with E-state index in [1.165, 1.54) is 14.2 Å². The van der Waals surface area contributed by atoms with Crippen molar-refractivity contribution in [3.05, 3.63) is 0 Å². The summed E-state index contributed by atoms with van der Waals surface area (Å²) in [6.07, 6.45) is 0.367. The molecule has 0 aromatic carbocycles. The zero-order chi connectivity index (χ0) is 9.82. The second-order valence-electron chi connectivity index (χ2n) is 1.33. The third-order valence-corrected chi connectivity index (χ3v) is 1.70. The van der Waals surface area contributed by atoms with Crippen molar-refractivity contribution in [2.75, 3.05) is 20.8 Å². The molecule has 0 aromatic heterocycles. The maximum Gasteiger partial charge on any atom is 0.332 e. The standard InChI is InChI=1S/C5H10NO3P.C2H6/c1-7-10(8-2)9-5-3-4-6;1-2/h3,5H2,1-2H3;1-2H3. The summed E-state index contributed by atoms with van der Waals surface area (Å²) in [6.45, 7) is 4.36. The highest BCUT2D eigenvalue weighted by molar-refractivity contribution is 7.41. The van der Waals surface area contributed by atoms with Crippen molar-refractivity contribution in [3.63, 3.8) is 0 Å². The molecule has 12 heavy (non-hydrogen) atoms. The van der Waals surface area contributed by atoms with E-state index in [1.807, 2.05) is 19.9 Å². The van der Waals surface area contributed by atoms with Crippen LogP contribution >= 0.6 is 8.60 Å². The van der Waals surface area contributed by atoms with Crippen molar-refractivity contribution in [3.8, 4) is 6.07 Å². The SMILES string of the molecule is CC.COP(OC)OCCC#N. The van der Waals surface area contributed by atoms with Crippen LogP contribution in [0.25, 0.3) is 0 Å².